The third-order valence-electron chi connectivity index (χ3n) is 6.23. The number of fused-ring (bicyclic) bond motifs is 3. The number of amides is 1. The van der Waals surface area contributed by atoms with Gasteiger partial charge >= 0.3 is 6.09 Å². The van der Waals surface area contributed by atoms with E-state index >= 15 is 4.39 Å². The molecule has 37 heavy (non-hydrogen) atoms. The zero-order valence-corrected chi connectivity index (χ0v) is 21.7. The van der Waals surface area contributed by atoms with Gasteiger partial charge < -0.3 is 19.3 Å². The summed E-state index contributed by atoms with van der Waals surface area (Å²) in [5.41, 5.74) is 0.216. The number of carbonyl (C=O) groups excluding carboxylic acids is 1. The van der Waals surface area contributed by atoms with E-state index in [0.29, 0.717) is 16.4 Å². The highest BCUT2D eigenvalue weighted by Gasteiger charge is 2.41. The Kier molecular flexibility index (Phi) is 5.99. The molecule has 4 heterocycles. The van der Waals surface area contributed by atoms with Crippen molar-refractivity contribution < 1.29 is 27.4 Å². The van der Waals surface area contributed by atoms with Crippen LogP contribution in [-0.2, 0) is 14.8 Å². The number of benzene rings is 1. The van der Waals surface area contributed by atoms with E-state index in [-0.39, 0.29) is 29.5 Å². The van der Waals surface area contributed by atoms with E-state index in [2.05, 4.69) is 9.97 Å². The first-order chi connectivity index (χ1) is 17.4. The smallest absolute Gasteiger partial charge is 0.410 e. The van der Waals surface area contributed by atoms with Crippen molar-refractivity contribution in [2.45, 2.75) is 56.5 Å². The van der Waals surface area contributed by atoms with Crippen LogP contribution < -0.4 is 0 Å². The average Bonchev–Trinajstić information content (AvgIpc) is 3.52. The van der Waals surface area contributed by atoms with Crippen LogP contribution >= 0.6 is 0 Å². The Morgan fingerprint density at radius 2 is 1.89 bits per heavy atom. The van der Waals surface area contributed by atoms with E-state index in [0.717, 1.165) is 3.97 Å². The molecule has 1 aliphatic rings. The number of aromatic nitrogens is 4. The summed E-state index contributed by atoms with van der Waals surface area (Å²) in [4.78, 5) is 22.9. The molecule has 10 nitrogen and oxygen atoms in total. The molecule has 0 saturated carbocycles. The Labute approximate surface area is 213 Å². The maximum Gasteiger partial charge on any atom is 0.410 e. The highest BCUT2D eigenvalue weighted by molar-refractivity contribution is 7.90. The van der Waals surface area contributed by atoms with Crippen molar-refractivity contribution in [3.05, 3.63) is 54.6 Å². The second-order valence-electron chi connectivity index (χ2n) is 10.1. The van der Waals surface area contributed by atoms with Crippen LogP contribution in [0.15, 0.2) is 53.7 Å². The van der Waals surface area contributed by atoms with Gasteiger partial charge in [-0.1, -0.05) is 18.2 Å². The van der Waals surface area contributed by atoms with Crippen LogP contribution in [0.2, 0.25) is 0 Å². The number of halogens is 1. The maximum atomic E-state index is 15.5. The molecule has 2 unspecified atom stereocenters. The van der Waals surface area contributed by atoms with Gasteiger partial charge in [0.15, 0.2) is 5.65 Å². The fourth-order valence-corrected chi connectivity index (χ4v) is 5.98. The quantitative estimate of drug-likeness (QED) is 0.427. The monoisotopic (exact) mass is 529 g/mol. The lowest BCUT2D eigenvalue weighted by atomic mass is 10.2. The average molecular weight is 530 g/mol. The number of hydrogen-bond acceptors (Lipinski definition) is 7. The van der Waals surface area contributed by atoms with Gasteiger partial charge in [-0.15, -0.1) is 0 Å². The number of aliphatic hydroxyl groups excluding tert-OH is 1. The number of pyridine rings is 1. The van der Waals surface area contributed by atoms with Crippen molar-refractivity contribution >= 4 is 38.2 Å². The van der Waals surface area contributed by atoms with Crippen molar-refractivity contribution in [3.8, 4) is 0 Å². The van der Waals surface area contributed by atoms with Crippen LogP contribution in [0.25, 0.3) is 22.1 Å². The summed E-state index contributed by atoms with van der Waals surface area (Å²) in [7, 11) is -3.95. The van der Waals surface area contributed by atoms with Crippen molar-refractivity contribution in [2.24, 2.45) is 0 Å². The Morgan fingerprint density at radius 1 is 1.19 bits per heavy atom. The molecule has 0 spiro atoms. The SMILES string of the molecule is C[C@@H](O)c1nc2cnc3c(ccn3S(=O)(=O)c3ccccc3)c2n1C1CN(C(=O)OC(C)(C)C)CC1F. The molecule has 1 N–H and O–H groups in total. The molecule has 0 radical (unpaired) electrons. The lowest BCUT2D eigenvalue weighted by Gasteiger charge is -2.24. The van der Waals surface area contributed by atoms with E-state index in [9.17, 15) is 18.3 Å². The summed E-state index contributed by atoms with van der Waals surface area (Å²) in [6.45, 7) is 6.53. The normalized spacial score (nSPS) is 19.6. The van der Waals surface area contributed by atoms with Crippen molar-refractivity contribution in [3.63, 3.8) is 0 Å². The molecule has 5 rings (SSSR count). The number of hydrogen-bond donors (Lipinski definition) is 1. The zero-order chi connectivity index (χ0) is 26.7. The van der Waals surface area contributed by atoms with Crippen LogP contribution in [0.4, 0.5) is 9.18 Å². The summed E-state index contributed by atoms with van der Waals surface area (Å²) >= 11 is 0. The predicted molar refractivity (Wildman–Crippen MR) is 134 cm³/mol. The van der Waals surface area contributed by atoms with Crippen LogP contribution in [0.3, 0.4) is 0 Å². The van der Waals surface area contributed by atoms with E-state index in [1.807, 2.05) is 0 Å². The summed E-state index contributed by atoms with van der Waals surface area (Å²) in [6, 6.07) is 8.68. The van der Waals surface area contributed by atoms with Gasteiger partial charge in [-0.2, -0.15) is 0 Å². The summed E-state index contributed by atoms with van der Waals surface area (Å²) in [5, 5.41) is 10.9. The first kappa shape index (κ1) is 25.2. The van der Waals surface area contributed by atoms with Gasteiger partial charge in [0.1, 0.15) is 29.2 Å². The Balaban J connectivity index is 1.65. The van der Waals surface area contributed by atoms with Crippen molar-refractivity contribution in [2.75, 3.05) is 13.1 Å². The third kappa shape index (κ3) is 4.33. The highest BCUT2D eigenvalue weighted by Crippen LogP contribution is 2.36. The summed E-state index contributed by atoms with van der Waals surface area (Å²) in [6.07, 6.45) is -0.355. The molecular formula is C25H28FN5O5S. The minimum absolute atomic E-state index is 0.00585. The molecule has 1 amide bonds. The standard InChI is InChI=1S/C25H28FN5O5S/c1-15(32)22-28-19-12-27-23-17(10-11-30(23)37(34,35)16-8-6-5-7-9-16)21(19)31(22)20-14-29(13-18(20)26)24(33)36-25(2,3)4/h5-12,15,18,20,32H,13-14H2,1-4H3/t15-,18?,20?/m1/s1. The molecule has 12 heteroatoms. The maximum absolute atomic E-state index is 15.5. The molecule has 1 aromatic carbocycles. The molecule has 0 bridgehead atoms. The first-order valence-corrected chi connectivity index (χ1v) is 13.3. The molecule has 1 fully saturated rings. The lowest BCUT2D eigenvalue weighted by molar-refractivity contribution is 0.0281. The molecule has 1 saturated heterocycles. The van der Waals surface area contributed by atoms with Gasteiger partial charge in [-0.05, 0) is 45.9 Å². The number of carbonyl (C=O) groups is 1. The molecule has 1 aliphatic heterocycles. The second-order valence-corrected chi connectivity index (χ2v) is 12.0. The number of likely N-dealkylation sites (tertiary alicyclic amines) is 1. The van der Waals surface area contributed by atoms with Gasteiger partial charge in [-0.3, -0.25) is 0 Å². The van der Waals surface area contributed by atoms with E-state index in [4.69, 9.17) is 4.74 Å². The van der Waals surface area contributed by atoms with Crippen molar-refractivity contribution in [1.82, 2.24) is 23.4 Å². The zero-order valence-electron chi connectivity index (χ0n) is 20.9. The summed E-state index contributed by atoms with van der Waals surface area (Å²) in [5.74, 6) is 0.196. The number of aliphatic hydroxyl groups is 1. The molecular weight excluding hydrogens is 501 g/mol. The first-order valence-electron chi connectivity index (χ1n) is 11.9. The Hall–Kier alpha value is -3.51. The van der Waals surface area contributed by atoms with Crippen LogP contribution in [0.5, 0.6) is 0 Å². The number of rotatable bonds is 4. The lowest BCUT2D eigenvalue weighted by Crippen LogP contribution is -2.35. The Morgan fingerprint density at radius 3 is 2.54 bits per heavy atom. The fourth-order valence-electron chi connectivity index (χ4n) is 4.66. The Bertz CT molecular complexity index is 1590. The van der Waals surface area contributed by atoms with Gasteiger partial charge in [0, 0.05) is 18.1 Å². The highest BCUT2D eigenvalue weighted by atomic mass is 32.2. The van der Waals surface area contributed by atoms with Gasteiger partial charge in [0.2, 0.25) is 0 Å². The number of imidazole rings is 1. The molecule has 3 atom stereocenters. The largest absolute Gasteiger partial charge is 0.444 e. The second kappa shape index (κ2) is 8.80. The summed E-state index contributed by atoms with van der Waals surface area (Å²) < 4.78 is 50.2. The number of nitrogens with zero attached hydrogens (tertiary/aromatic N) is 5. The molecule has 3 aromatic heterocycles. The minimum Gasteiger partial charge on any atom is -0.444 e. The van der Waals surface area contributed by atoms with Gasteiger partial charge in [0.25, 0.3) is 10.0 Å². The van der Waals surface area contributed by atoms with Crippen LogP contribution in [0.1, 0.15) is 45.7 Å². The fraction of sp³-hybridized carbons (Fsp3) is 0.400. The molecule has 4 aromatic rings. The van der Waals surface area contributed by atoms with E-state index < -0.39 is 40.0 Å². The van der Waals surface area contributed by atoms with E-state index in [1.165, 1.54) is 36.4 Å². The third-order valence-corrected chi connectivity index (χ3v) is 7.91. The number of alkyl halides is 1. The van der Waals surface area contributed by atoms with E-state index in [1.54, 1.807) is 49.6 Å². The minimum atomic E-state index is -3.95. The number of ether oxygens (including phenoxy) is 1. The molecule has 196 valence electrons. The van der Waals surface area contributed by atoms with Gasteiger partial charge in [-0.25, -0.2) is 31.5 Å². The molecule has 0 aliphatic carbocycles. The van der Waals surface area contributed by atoms with Crippen LogP contribution in [-0.4, -0.2) is 67.9 Å². The predicted octanol–water partition coefficient (Wildman–Crippen LogP) is 3.81. The van der Waals surface area contributed by atoms with Gasteiger partial charge in [0.05, 0.1) is 29.2 Å². The topological polar surface area (TPSA) is 120 Å². The van der Waals surface area contributed by atoms with Crippen molar-refractivity contribution in [1.29, 1.82) is 0 Å². The van der Waals surface area contributed by atoms with Crippen LogP contribution in [0, 0.1) is 0 Å².